The Labute approximate surface area is 212 Å². The molecule has 0 spiro atoms. The number of ether oxygens (including phenoxy) is 1. The molecule has 0 amide bonds. The van der Waals surface area contributed by atoms with Gasteiger partial charge in [0.25, 0.3) is 0 Å². The summed E-state index contributed by atoms with van der Waals surface area (Å²) in [7, 11) is 0. The molecule has 0 radical (unpaired) electrons. The van der Waals surface area contributed by atoms with Gasteiger partial charge in [-0.05, 0) is 73.6 Å². The van der Waals surface area contributed by atoms with Gasteiger partial charge in [-0.1, -0.05) is 23.2 Å². The summed E-state index contributed by atoms with van der Waals surface area (Å²) in [6.07, 6.45) is 4.29. The van der Waals surface area contributed by atoms with Gasteiger partial charge in [-0.3, -0.25) is 5.10 Å². The molecule has 182 valence electrons. The van der Waals surface area contributed by atoms with E-state index < -0.39 is 11.8 Å². The van der Waals surface area contributed by atoms with Gasteiger partial charge in [-0.2, -0.15) is 5.10 Å². The monoisotopic (exact) mass is 515 g/mol. The Morgan fingerprint density at radius 2 is 1.94 bits per heavy atom. The SMILES string of the molecule is O=C(O)c1ccc(N2C[C@@H]3C[C@H]2C[C@H]3OCc2cc(-c3c(Cl)cc(C4CC4)cc3Cl)n[nH]2)cc1F. The molecule has 3 aliphatic rings. The second kappa shape index (κ2) is 8.80. The Morgan fingerprint density at radius 3 is 2.57 bits per heavy atom. The van der Waals surface area contributed by atoms with Crippen molar-refractivity contribution in [3.8, 4) is 11.3 Å². The lowest BCUT2D eigenvalue weighted by Gasteiger charge is -2.33. The van der Waals surface area contributed by atoms with Crippen LogP contribution in [0, 0.1) is 11.7 Å². The Balaban J connectivity index is 1.08. The summed E-state index contributed by atoms with van der Waals surface area (Å²) >= 11 is 13.1. The predicted molar refractivity (Wildman–Crippen MR) is 132 cm³/mol. The molecule has 2 saturated carbocycles. The van der Waals surface area contributed by atoms with Crippen LogP contribution in [0.2, 0.25) is 10.0 Å². The van der Waals surface area contributed by atoms with Crippen molar-refractivity contribution in [1.29, 1.82) is 0 Å². The number of aromatic amines is 1. The van der Waals surface area contributed by atoms with E-state index in [-0.39, 0.29) is 17.7 Å². The van der Waals surface area contributed by atoms with Gasteiger partial charge in [0.2, 0.25) is 0 Å². The summed E-state index contributed by atoms with van der Waals surface area (Å²) in [6.45, 7) is 1.16. The number of hydrogen-bond acceptors (Lipinski definition) is 4. The predicted octanol–water partition coefficient (Wildman–Crippen LogP) is 6.28. The number of halogens is 3. The summed E-state index contributed by atoms with van der Waals surface area (Å²) < 4.78 is 20.4. The van der Waals surface area contributed by atoms with E-state index in [1.807, 2.05) is 18.2 Å². The zero-order valence-electron chi connectivity index (χ0n) is 18.8. The van der Waals surface area contributed by atoms with Crippen molar-refractivity contribution in [2.75, 3.05) is 11.4 Å². The molecule has 3 fully saturated rings. The maximum atomic E-state index is 14.2. The van der Waals surface area contributed by atoms with E-state index in [9.17, 15) is 9.18 Å². The first-order valence-electron chi connectivity index (χ1n) is 11.8. The standard InChI is InChI=1S/C26H24Cl2FN3O3/c27-20-6-14(13-1-2-13)7-21(28)25(20)23-8-16(30-31-23)12-35-24-10-18-5-15(24)11-32(18)17-3-4-19(26(33)34)22(29)9-17/h3-4,6-9,13,15,18,24H,1-2,5,10-12H2,(H,30,31)(H,33,34)/t15-,18-,24+/m0/s1. The van der Waals surface area contributed by atoms with E-state index in [1.54, 1.807) is 6.07 Å². The number of carboxylic acid groups (broad SMARTS) is 1. The highest BCUT2D eigenvalue weighted by molar-refractivity contribution is 6.39. The van der Waals surface area contributed by atoms with E-state index >= 15 is 0 Å². The summed E-state index contributed by atoms with van der Waals surface area (Å²) in [6, 6.07) is 10.5. The highest BCUT2D eigenvalue weighted by Gasteiger charge is 2.45. The van der Waals surface area contributed by atoms with Gasteiger partial charge in [0, 0.05) is 29.8 Å². The number of rotatable bonds is 7. The second-order valence-electron chi connectivity index (χ2n) is 9.77. The van der Waals surface area contributed by atoms with E-state index in [0.717, 1.165) is 36.3 Å². The van der Waals surface area contributed by atoms with Crippen molar-refractivity contribution < 1.29 is 19.0 Å². The van der Waals surface area contributed by atoms with Crippen LogP contribution in [-0.2, 0) is 11.3 Å². The van der Waals surface area contributed by atoms with Crippen molar-refractivity contribution in [3.63, 3.8) is 0 Å². The summed E-state index contributed by atoms with van der Waals surface area (Å²) in [5.74, 6) is -1.05. The van der Waals surface area contributed by atoms with Crippen LogP contribution in [0.25, 0.3) is 11.3 Å². The fraction of sp³-hybridized carbons (Fsp3) is 0.385. The number of nitrogens with one attached hydrogen (secondary N) is 1. The van der Waals surface area contributed by atoms with Crippen molar-refractivity contribution in [1.82, 2.24) is 10.2 Å². The zero-order valence-corrected chi connectivity index (χ0v) is 20.3. The molecule has 9 heteroatoms. The van der Waals surface area contributed by atoms with Gasteiger partial charge in [0.05, 0.1) is 39.7 Å². The van der Waals surface area contributed by atoms with Crippen LogP contribution in [-0.4, -0.2) is 40.0 Å². The van der Waals surface area contributed by atoms with Crippen molar-refractivity contribution in [2.45, 2.75) is 50.4 Å². The van der Waals surface area contributed by atoms with Crippen LogP contribution < -0.4 is 4.90 Å². The third-order valence-electron chi connectivity index (χ3n) is 7.44. The number of fused-ring (bicyclic) bond motifs is 2. The van der Waals surface area contributed by atoms with E-state index in [0.29, 0.717) is 34.2 Å². The number of aromatic nitrogens is 2. The van der Waals surface area contributed by atoms with Gasteiger partial charge < -0.3 is 14.7 Å². The number of benzene rings is 2. The quantitative estimate of drug-likeness (QED) is 0.387. The minimum atomic E-state index is -1.26. The number of aromatic carboxylic acids is 1. The van der Waals surface area contributed by atoms with E-state index in [2.05, 4.69) is 15.1 Å². The van der Waals surface area contributed by atoms with Crippen LogP contribution >= 0.6 is 23.2 Å². The van der Waals surface area contributed by atoms with Gasteiger partial charge in [0.1, 0.15) is 5.82 Å². The first-order valence-corrected chi connectivity index (χ1v) is 12.6. The van der Waals surface area contributed by atoms with Gasteiger partial charge in [0.15, 0.2) is 0 Å². The third-order valence-corrected chi connectivity index (χ3v) is 8.04. The average Bonchev–Trinajstić information content (AvgIpc) is 3.25. The fourth-order valence-corrected chi connectivity index (χ4v) is 6.23. The number of carboxylic acids is 1. The highest BCUT2D eigenvalue weighted by atomic mass is 35.5. The third kappa shape index (κ3) is 4.30. The fourth-order valence-electron chi connectivity index (χ4n) is 5.53. The maximum Gasteiger partial charge on any atom is 0.338 e. The number of carbonyl (C=O) groups is 1. The van der Waals surface area contributed by atoms with Gasteiger partial charge in [-0.25, -0.2) is 9.18 Å². The lowest BCUT2D eigenvalue weighted by atomic mass is 10.0. The normalized spacial score (nSPS) is 23.3. The van der Waals surface area contributed by atoms with Crippen molar-refractivity contribution in [3.05, 3.63) is 69.1 Å². The minimum absolute atomic E-state index is 0.108. The molecule has 6 nitrogen and oxygen atoms in total. The summed E-state index contributed by atoms with van der Waals surface area (Å²) in [5, 5.41) is 17.7. The molecule has 1 aliphatic heterocycles. The minimum Gasteiger partial charge on any atom is -0.478 e. The van der Waals surface area contributed by atoms with Crippen molar-refractivity contribution in [2.24, 2.45) is 5.92 Å². The van der Waals surface area contributed by atoms with E-state index in [1.165, 1.54) is 30.5 Å². The molecule has 1 aromatic heterocycles. The van der Waals surface area contributed by atoms with Crippen LogP contribution in [0.3, 0.4) is 0 Å². The zero-order chi connectivity index (χ0) is 24.3. The van der Waals surface area contributed by atoms with Crippen LogP contribution in [0.5, 0.6) is 0 Å². The number of piperidine rings is 1. The molecular formula is C26H24Cl2FN3O3. The largest absolute Gasteiger partial charge is 0.478 e. The molecule has 2 bridgehead atoms. The number of H-pyrrole nitrogens is 1. The lowest BCUT2D eigenvalue weighted by Crippen LogP contribution is -2.38. The molecule has 3 atom stereocenters. The number of nitrogens with zero attached hydrogens (tertiary/aromatic N) is 2. The average molecular weight is 516 g/mol. The maximum absolute atomic E-state index is 14.2. The van der Waals surface area contributed by atoms with E-state index in [4.69, 9.17) is 33.0 Å². The molecule has 2 aromatic carbocycles. The Hall–Kier alpha value is -2.61. The molecule has 1 saturated heterocycles. The van der Waals surface area contributed by atoms with Crippen LogP contribution in [0.15, 0.2) is 36.4 Å². The van der Waals surface area contributed by atoms with Crippen LogP contribution in [0.1, 0.15) is 53.2 Å². The van der Waals surface area contributed by atoms with Crippen molar-refractivity contribution >= 4 is 34.9 Å². The van der Waals surface area contributed by atoms with Crippen LogP contribution in [0.4, 0.5) is 10.1 Å². The Kier molecular flexibility index (Phi) is 5.74. The number of anilines is 1. The molecule has 2 aliphatic carbocycles. The Bertz CT molecular complexity index is 1290. The molecule has 35 heavy (non-hydrogen) atoms. The molecule has 2 heterocycles. The van der Waals surface area contributed by atoms with Gasteiger partial charge >= 0.3 is 5.97 Å². The molecule has 2 N–H and O–H groups in total. The second-order valence-corrected chi connectivity index (χ2v) is 10.6. The lowest BCUT2D eigenvalue weighted by molar-refractivity contribution is 0.0111. The first kappa shape index (κ1) is 22.8. The Morgan fingerprint density at radius 1 is 1.17 bits per heavy atom. The van der Waals surface area contributed by atoms with Gasteiger partial charge in [-0.15, -0.1) is 0 Å². The summed E-state index contributed by atoms with van der Waals surface area (Å²) in [4.78, 5) is 13.2. The highest BCUT2D eigenvalue weighted by Crippen LogP contribution is 2.45. The smallest absolute Gasteiger partial charge is 0.338 e. The molecule has 0 unspecified atom stereocenters. The topological polar surface area (TPSA) is 78.4 Å². The molecule has 6 rings (SSSR count). The molecule has 3 aromatic rings. The molecular weight excluding hydrogens is 492 g/mol. The first-order chi connectivity index (χ1) is 16.9. The number of hydrogen-bond donors (Lipinski definition) is 2. The summed E-state index contributed by atoms with van der Waals surface area (Å²) in [5.41, 5.74) is 3.89.